The van der Waals surface area contributed by atoms with Gasteiger partial charge in [0.15, 0.2) is 6.61 Å². The molecule has 0 atom stereocenters. The molecule has 1 aromatic heterocycles. The van der Waals surface area contributed by atoms with Crippen LogP contribution in [0.15, 0.2) is 70.5 Å². The lowest BCUT2D eigenvalue weighted by atomic mass is 9.97. The second kappa shape index (κ2) is 9.49. The largest absolute Gasteiger partial charge is 0.440 e. The summed E-state index contributed by atoms with van der Waals surface area (Å²) in [6, 6.07) is 16.8. The van der Waals surface area contributed by atoms with E-state index in [1.54, 1.807) is 48.5 Å². The highest BCUT2D eigenvalue weighted by Crippen LogP contribution is 2.33. The number of fused-ring (bicyclic) bond motifs is 2. The van der Waals surface area contributed by atoms with E-state index in [1.807, 2.05) is 6.07 Å². The number of alkyl carbamates (subject to hydrolysis) is 1. The average molecular weight is 510 g/mol. The standard InChI is InChI=1S/C26H18F4N4O3/c27-20-8-5-14(10-22-17-3-1-2-4-18(17)24(35)34-33-22)9-19(20)15-6-7-16-12-23(31-21(16)11-15)32-25(36)37-13-26(28,29)30/h1-9,11H,10,12-13H2,(H,34,35)(H,31,32,36). The van der Waals surface area contributed by atoms with Crippen LogP contribution in [0.25, 0.3) is 21.9 Å². The van der Waals surface area contributed by atoms with Gasteiger partial charge in [-0.15, -0.1) is 0 Å². The Hall–Kier alpha value is -4.54. The molecule has 0 saturated heterocycles. The van der Waals surface area contributed by atoms with Crippen LogP contribution in [-0.2, 0) is 17.6 Å². The molecule has 0 spiro atoms. The van der Waals surface area contributed by atoms with Crippen LogP contribution in [-0.4, -0.2) is 34.9 Å². The molecule has 0 unspecified atom stereocenters. The molecule has 0 bridgehead atoms. The van der Waals surface area contributed by atoms with Gasteiger partial charge in [-0.25, -0.2) is 19.3 Å². The van der Waals surface area contributed by atoms with Gasteiger partial charge in [0.1, 0.15) is 11.7 Å². The number of hydrogen-bond acceptors (Lipinski definition) is 5. The highest BCUT2D eigenvalue weighted by Gasteiger charge is 2.30. The molecule has 2 N–H and O–H groups in total. The highest BCUT2D eigenvalue weighted by molar-refractivity contribution is 6.01. The lowest BCUT2D eigenvalue weighted by Crippen LogP contribution is -2.33. The molecule has 1 aliphatic rings. The molecule has 188 valence electrons. The lowest BCUT2D eigenvalue weighted by Gasteiger charge is -2.10. The molecule has 37 heavy (non-hydrogen) atoms. The fourth-order valence-electron chi connectivity index (χ4n) is 4.13. The smallest absolute Gasteiger partial charge is 0.422 e. The molecular formula is C26H18F4N4O3. The number of halogens is 4. The van der Waals surface area contributed by atoms with E-state index in [9.17, 15) is 27.2 Å². The van der Waals surface area contributed by atoms with Gasteiger partial charge in [-0.1, -0.05) is 36.4 Å². The number of carbonyl (C=O) groups is 1. The average Bonchev–Trinajstić information content (AvgIpc) is 3.27. The van der Waals surface area contributed by atoms with Gasteiger partial charge in [0, 0.05) is 23.8 Å². The first-order valence-corrected chi connectivity index (χ1v) is 11.1. The third-order valence-corrected chi connectivity index (χ3v) is 5.80. The van der Waals surface area contributed by atoms with Crippen molar-refractivity contribution >= 4 is 28.4 Å². The zero-order valence-corrected chi connectivity index (χ0v) is 19.0. The van der Waals surface area contributed by atoms with Crippen LogP contribution in [0.5, 0.6) is 0 Å². The third-order valence-electron chi connectivity index (χ3n) is 5.80. The predicted molar refractivity (Wildman–Crippen MR) is 128 cm³/mol. The third kappa shape index (κ3) is 5.35. The fraction of sp³-hybridized carbons (Fsp3) is 0.154. The highest BCUT2D eigenvalue weighted by atomic mass is 19.4. The topological polar surface area (TPSA) is 96.4 Å². The van der Waals surface area contributed by atoms with E-state index < -0.39 is 24.7 Å². The van der Waals surface area contributed by atoms with Crippen molar-refractivity contribution in [2.75, 3.05) is 6.61 Å². The molecule has 0 radical (unpaired) electrons. The first-order valence-electron chi connectivity index (χ1n) is 11.1. The zero-order chi connectivity index (χ0) is 26.2. The Balaban J connectivity index is 1.38. The summed E-state index contributed by atoms with van der Waals surface area (Å²) in [5.41, 5.74) is 3.13. The number of amidine groups is 1. The van der Waals surface area contributed by atoms with E-state index in [2.05, 4.69) is 25.2 Å². The molecule has 2 heterocycles. The van der Waals surface area contributed by atoms with Gasteiger partial charge < -0.3 is 4.74 Å². The second-order valence-electron chi connectivity index (χ2n) is 8.43. The zero-order valence-electron chi connectivity index (χ0n) is 19.0. The Kier molecular flexibility index (Phi) is 6.20. The molecule has 7 nitrogen and oxygen atoms in total. The molecule has 1 aliphatic heterocycles. The first-order chi connectivity index (χ1) is 17.7. The van der Waals surface area contributed by atoms with E-state index in [1.165, 1.54) is 6.07 Å². The Labute approximate surface area is 206 Å². The molecule has 0 fully saturated rings. The summed E-state index contributed by atoms with van der Waals surface area (Å²) in [7, 11) is 0. The van der Waals surface area contributed by atoms with Crippen LogP contribution in [0.4, 0.5) is 28.0 Å². The second-order valence-corrected chi connectivity index (χ2v) is 8.43. The molecule has 11 heteroatoms. The van der Waals surface area contributed by atoms with Crippen molar-refractivity contribution in [2.45, 2.75) is 19.0 Å². The molecule has 5 rings (SSSR count). The van der Waals surface area contributed by atoms with Crippen LogP contribution in [0.3, 0.4) is 0 Å². The van der Waals surface area contributed by atoms with Gasteiger partial charge in [0.05, 0.1) is 16.8 Å². The Morgan fingerprint density at radius 2 is 1.84 bits per heavy atom. The van der Waals surface area contributed by atoms with Crippen molar-refractivity contribution in [3.8, 4) is 11.1 Å². The summed E-state index contributed by atoms with van der Waals surface area (Å²) in [6.07, 6.45) is -5.36. The minimum Gasteiger partial charge on any atom is -0.440 e. The van der Waals surface area contributed by atoms with Gasteiger partial charge in [-0.3, -0.25) is 10.1 Å². The van der Waals surface area contributed by atoms with Crippen molar-refractivity contribution < 1.29 is 27.1 Å². The fourth-order valence-corrected chi connectivity index (χ4v) is 4.13. The number of benzene rings is 3. The number of alkyl halides is 3. The number of nitrogens with zero attached hydrogens (tertiary/aromatic N) is 2. The summed E-state index contributed by atoms with van der Waals surface area (Å²) < 4.78 is 55.7. The number of aliphatic imine (C=N–C) groups is 1. The minimum absolute atomic E-state index is 0.129. The molecular weight excluding hydrogens is 492 g/mol. The van der Waals surface area contributed by atoms with E-state index in [0.29, 0.717) is 39.7 Å². The number of hydrogen-bond donors (Lipinski definition) is 2. The van der Waals surface area contributed by atoms with Gasteiger partial charge in [0.25, 0.3) is 5.56 Å². The van der Waals surface area contributed by atoms with E-state index >= 15 is 0 Å². The number of rotatable bonds is 4. The normalized spacial score (nSPS) is 12.8. The van der Waals surface area contributed by atoms with E-state index in [-0.39, 0.29) is 17.8 Å². The first kappa shape index (κ1) is 24.2. The summed E-state index contributed by atoms with van der Waals surface area (Å²) in [5.74, 6) is -0.330. The van der Waals surface area contributed by atoms with Crippen molar-refractivity contribution in [2.24, 2.45) is 4.99 Å². The summed E-state index contributed by atoms with van der Waals surface area (Å²) >= 11 is 0. The number of H-pyrrole nitrogens is 1. The summed E-state index contributed by atoms with van der Waals surface area (Å²) in [5, 5.41) is 10.1. The van der Waals surface area contributed by atoms with Gasteiger partial charge in [0.2, 0.25) is 0 Å². The number of aromatic nitrogens is 2. The molecule has 3 aromatic carbocycles. The van der Waals surface area contributed by atoms with Crippen molar-refractivity contribution in [3.05, 3.63) is 93.7 Å². The molecule has 0 saturated carbocycles. The summed E-state index contributed by atoms with van der Waals surface area (Å²) in [6.45, 7) is -1.71. The van der Waals surface area contributed by atoms with Crippen LogP contribution in [0.2, 0.25) is 0 Å². The Morgan fingerprint density at radius 1 is 1.05 bits per heavy atom. The molecule has 1 amide bonds. The summed E-state index contributed by atoms with van der Waals surface area (Å²) in [4.78, 5) is 27.9. The monoisotopic (exact) mass is 510 g/mol. The van der Waals surface area contributed by atoms with Gasteiger partial charge >= 0.3 is 12.3 Å². The van der Waals surface area contributed by atoms with Gasteiger partial charge in [-0.05, 0) is 41.0 Å². The maximum atomic E-state index is 14.8. The van der Waals surface area contributed by atoms with Crippen molar-refractivity contribution in [1.29, 1.82) is 0 Å². The van der Waals surface area contributed by atoms with Gasteiger partial charge in [-0.2, -0.15) is 18.3 Å². The Bertz CT molecular complexity index is 1610. The Morgan fingerprint density at radius 3 is 2.62 bits per heavy atom. The number of carbonyl (C=O) groups excluding carboxylic acids is 1. The molecule has 4 aromatic rings. The van der Waals surface area contributed by atoms with Crippen LogP contribution < -0.4 is 10.9 Å². The molecule has 0 aliphatic carbocycles. The minimum atomic E-state index is -4.63. The lowest BCUT2D eigenvalue weighted by molar-refractivity contribution is -0.160. The van der Waals surface area contributed by atoms with Crippen molar-refractivity contribution in [3.63, 3.8) is 0 Å². The number of ether oxygens (including phenoxy) is 1. The van der Waals surface area contributed by atoms with Crippen LogP contribution >= 0.6 is 0 Å². The predicted octanol–water partition coefficient (Wildman–Crippen LogP) is 5.19. The SMILES string of the molecule is O=C(NC1=Nc2cc(-c3cc(Cc4n[nH]c(=O)c5ccccc45)ccc3F)ccc2C1)OCC(F)(F)F. The quantitative estimate of drug-likeness (QED) is 0.369. The number of aromatic amines is 1. The van der Waals surface area contributed by atoms with Crippen molar-refractivity contribution in [1.82, 2.24) is 15.5 Å². The number of nitrogens with one attached hydrogen (secondary N) is 2. The number of amides is 1. The maximum absolute atomic E-state index is 14.8. The van der Waals surface area contributed by atoms with E-state index in [4.69, 9.17) is 0 Å². The maximum Gasteiger partial charge on any atom is 0.422 e. The van der Waals surface area contributed by atoms with Crippen LogP contribution in [0, 0.1) is 5.82 Å². The van der Waals surface area contributed by atoms with Crippen LogP contribution in [0.1, 0.15) is 16.8 Å². The van der Waals surface area contributed by atoms with E-state index in [0.717, 1.165) is 11.1 Å².